The fourth-order valence-corrected chi connectivity index (χ4v) is 4.94. The molecule has 2 aromatic heterocycles. The number of methoxy groups -OCH3 is 1. The summed E-state index contributed by atoms with van der Waals surface area (Å²) >= 11 is 2.94. The lowest BCUT2D eigenvalue weighted by molar-refractivity contribution is -0.212. The summed E-state index contributed by atoms with van der Waals surface area (Å²) in [6.07, 6.45) is -0.700. The SMILES string of the molecule is CO[C@@H]1[C@@H](n2cc(-c3ccc(Br)c(F)c3F)nn2)[C@@H](O)[C@@H](CO)O[C@@H]1Cc1cn(C2(CF)COC2)nn1. The highest BCUT2D eigenvalue weighted by molar-refractivity contribution is 9.10. The van der Waals surface area contributed by atoms with Crippen molar-refractivity contribution in [2.24, 2.45) is 0 Å². The average molecular weight is 589 g/mol. The molecule has 0 bridgehead atoms. The molecule has 1 aromatic carbocycles. The fraction of sp³-hybridized carbons (Fsp3) is 0.545. The second-order valence-corrected chi connectivity index (χ2v) is 9.95. The van der Waals surface area contributed by atoms with Gasteiger partial charge < -0.3 is 24.4 Å². The number of halogens is 4. The van der Waals surface area contributed by atoms with Crippen LogP contribution in [0, 0.1) is 11.6 Å². The molecule has 5 atom stereocenters. The van der Waals surface area contributed by atoms with Crippen LogP contribution in [-0.2, 0) is 26.2 Å². The van der Waals surface area contributed by atoms with Crippen LogP contribution >= 0.6 is 15.9 Å². The van der Waals surface area contributed by atoms with Gasteiger partial charge in [-0.25, -0.2) is 22.5 Å². The van der Waals surface area contributed by atoms with E-state index in [1.807, 2.05) is 0 Å². The first-order chi connectivity index (χ1) is 17.8. The van der Waals surface area contributed by atoms with Crippen LogP contribution in [0.4, 0.5) is 13.2 Å². The summed E-state index contributed by atoms with van der Waals surface area (Å²) in [5.41, 5.74) is -0.483. The predicted octanol–water partition coefficient (Wildman–Crippen LogP) is 1.19. The van der Waals surface area contributed by atoms with Gasteiger partial charge in [0.25, 0.3) is 0 Å². The second-order valence-electron chi connectivity index (χ2n) is 9.09. The van der Waals surface area contributed by atoms with Gasteiger partial charge in [0, 0.05) is 25.3 Å². The molecule has 5 rings (SSSR count). The van der Waals surface area contributed by atoms with E-state index in [9.17, 15) is 23.4 Å². The van der Waals surface area contributed by atoms with E-state index in [0.29, 0.717) is 5.69 Å². The van der Waals surface area contributed by atoms with Crippen LogP contribution in [0.1, 0.15) is 11.7 Å². The van der Waals surface area contributed by atoms with Gasteiger partial charge in [-0.1, -0.05) is 10.4 Å². The number of nitrogens with zero attached hydrogens (tertiary/aromatic N) is 6. The van der Waals surface area contributed by atoms with E-state index in [1.165, 1.54) is 34.8 Å². The summed E-state index contributed by atoms with van der Waals surface area (Å²) in [6.45, 7) is -0.793. The number of hydrogen-bond acceptors (Lipinski definition) is 9. The van der Waals surface area contributed by atoms with Crippen LogP contribution in [0.15, 0.2) is 29.0 Å². The summed E-state index contributed by atoms with van der Waals surface area (Å²) in [6, 6.07) is 1.80. The maximum Gasteiger partial charge on any atom is 0.173 e. The van der Waals surface area contributed by atoms with E-state index < -0.39 is 60.9 Å². The van der Waals surface area contributed by atoms with Crippen LogP contribution in [0.2, 0.25) is 0 Å². The summed E-state index contributed by atoms with van der Waals surface area (Å²) in [4.78, 5) is 0. The van der Waals surface area contributed by atoms with Gasteiger partial charge in [0.15, 0.2) is 11.6 Å². The van der Waals surface area contributed by atoms with E-state index in [2.05, 4.69) is 36.6 Å². The van der Waals surface area contributed by atoms with Crippen LogP contribution in [0.3, 0.4) is 0 Å². The number of aromatic nitrogens is 6. The van der Waals surface area contributed by atoms with Crippen LogP contribution in [-0.4, -0.2) is 98.2 Å². The maximum atomic E-state index is 14.5. The zero-order valence-electron chi connectivity index (χ0n) is 19.5. The zero-order valence-corrected chi connectivity index (χ0v) is 21.1. The predicted molar refractivity (Wildman–Crippen MR) is 123 cm³/mol. The molecule has 0 amide bonds. The van der Waals surface area contributed by atoms with Crippen molar-refractivity contribution in [2.45, 2.75) is 42.4 Å². The van der Waals surface area contributed by atoms with Crippen LogP contribution in [0.25, 0.3) is 11.3 Å². The Labute approximate surface area is 217 Å². The number of hydrogen-bond donors (Lipinski definition) is 2. The Balaban J connectivity index is 1.43. The van der Waals surface area contributed by atoms with Crippen molar-refractivity contribution in [1.82, 2.24) is 30.0 Å². The highest BCUT2D eigenvalue weighted by atomic mass is 79.9. The number of aliphatic hydroxyl groups is 2. The molecule has 2 aliphatic rings. The van der Waals surface area contributed by atoms with Crippen LogP contribution in [0.5, 0.6) is 0 Å². The van der Waals surface area contributed by atoms with Gasteiger partial charge in [0.1, 0.15) is 42.3 Å². The molecule has 4 heterocycles. The van der Waals surface area contributed by atoms with E-state index >= 15 is 0 Å². The Morgan fingerprint density at radius 3 is 2.59 bits per heavy atom. The lowest BCUT2D eigenvalue weighted by Crippen LogP contribution is -2.57. The first-order valence-corrected chi connectivity index (χ1v) is 12.2. The van der Waals surface area contributed by atoms with Gasteiger partial charge in [-0.2, -0.15) is 0 Å². The quantitative estimate of drug-likeness (QED) is 0.373. The van der Waals surface area contributed by atoms with Gasteiger partial charge in [-0.15, -0.1) is 10.2 Å². The van der Waals surface area contributed by atoms with Gasteiger partial charge in [0.05, 0.1) is 42.3 Å². The standard InChI is InChI=1S/C22H24BrF3N6O5/c1-35-21-15(4-11-5-32(30-27-11)22(8-24)9-36-10-22)37-16(7-33)20(34)19(21)31-6-14(28-29-31)12-2-3-13(23)18(26)17(12)25/h2-3,5-6,15-16,19-21,33-34H,4,7-10H2,1H3/t15-,16-,19+,20+,21+/m1/s1. The third kappa shape index (κ3) is 4.57. The molecule has 2 fully saturated rings. The maximum absolute atomic E-state index is 14.5. The van der Waals surface area contributed by atoms with E-state index in [-0.39, 0.29) is 35.4 Å². The second kappa shape index (κ2) is 10.4. The minimum absolute atomic E-state index is 0.0340. The van der Waals surface area contributed by atoms with Crippen molar-refractivity contribution >= 4 is 15.9 Å². The van der Waals surface area contributed by atoms with Crippen molar-refractivity contribution in [3.63, 3.8) is 0 Å². The molecule has 37 heavy (non-hydrogen) atoms. The minimum Gasteiger partial charge on any atom is -0.394 e. The van der Waals surface area contributed by atoms with Crippen molar-refractivity contribution in [3.05, 3.63) is 46.3 Å². The molecular formula is C22H24BrF3N6O5. The molecule has 200 valence electrons. The monoisotopic (exact) mass is 588 g/mol. The highest BCUT2D eigenvalue weighted by Crippen LogP contribution is 2.35. The number of aliphatic hydroxyl groups excluding tert-OH is 2. The number of alkyl halides is 1. The van der Waals surface area contributed by atoms with Gasteiger partial charge in [-0.3, -0.25) is 0 Å². The topological polar surface area (TPSA) is 130 Å². The Morgan fingerprint density at radius 1 is 1.16 bits per heavy atom. The van der Waals surface area contributed by atoms with Gasteiger partial charge in [-0.05, 0) is 28.1 Å². The Bertz CT molecular complexity index is 1250. The van der Waals surface area contributed by atoms with E-state index in [4.69, 9.17) is 14.2 Å². The van der Waals surface area contributed by atoms with E-state index in [1.54, 1.807) is 6.20 Å². The molecule has 3 aromatic rings. The molecule has 0 unspecified atom stereocenters. The number of ether oxygens (including phenoxy) is 3. The summed E-state index contributed by atoms with van der Waals surface area (Å²) in [5, 5.41) is 37.0. The van der Waals surface area contributed by atoms with Crippen molar-refractivity contribution in [1.29, 1.82) is 0 Å². The molecule has 0 spiro atoms. The summed E-state index contributed by atoms with van der Waals surface area (Å²) in [5.74, 6) is -2.17. The molecule has 15 heteroatoms. The summed E-state index contributed by atoms with van der Waals surface area (Å²) < 4.78 is 61.6. The third-order valence-corrected chi connectivity index (χ3v) is 7.40. The normalized spacial score (nSPS) is 27.3. The summed E-state index contributed by atoms with van der Waals surface area (Å²) in [7, 11) is 1.42. The third-order valence-electron chi connectivity index (χ3n) is 6.79. The molecule has 2 N–H and O–H groups in total. The molecule has 2 aliphatic heterocycles. The first-order valence-electron chi connectivity index (χ1n) is 11.4. The largest absolute Gasteiger partial charge is 0.394 e. The minimum atomic E-state index is -1.27. The van der Waals surface area contributed by atoms with Gasteiger partial charge >= 0.3 is 0 Å². The molecule has 11 nitrogen and oxygen atoms in total. The first kappa shape index (κ1) is 26.2. The Kier molecular flexibility index (Phi) is 7.35. The molecular weight excluding hydrogens is 565 g/mol. The lowest BCUT2D eigenvalue weighted by atomic mass is 9.90. The van der Waals surface area contributed by atoms with Crippen molar-refractivity contribution in [3.8, 4) is 11.3 Å². The number of benzene rings is 1. The fourth-order valence-electron chi connectivity index (χ4n) is 4.64. The smallest absolute Gasteiger partial charge is 0.173 e. The molecule has 0 radical (unpaired) electrons. The van der Waals surface area contributed by atoms with Gasteiger partial charge in [0.2, 0.25) is 0 Å². The Hall–Kier alpha value is -2.43. The molecule has 2 saturated heterocycles. The average Bonchev–Trinajstić information content (AvgIpc) is 3.53. The van der Waals surface area contributed by atoms with Crippen molar-refractivity contribution in [2.75, 3.05) is 33.6 Å². The van der Waals surface area contributed by atoms with E-state index in [0.717, 1.165) is 0 Å². The lowest BCUT2D eigenvalue weighted by Gasteiger charge is -2.43. The van der Waals surface area contributed by atoms with Crippen LogP contribution < -0.4 is 0 Å². The highest BCUT2D eigenvalue weighted by Gasteiger charge is 2.48. The molecule has 0 aliphatic carbocycles. The molecule has 0 saturated carbocycles. The number of rotatable bonds is 8. The Morgan fingerprint density at radius 2 is 1.95 bits per heavy atom. The zero-order chi connectivity index (χ0) is 26.3. The van der Waals surface area contributed by atoms with Crippen molar-refractivity contribution < 1.29 is 37.6 Å².